The van der Waals surface area contributed by atoms with E-state index in [1.165, 1.54) is 19.2 Å². The second-order valence-electron chi connectivity index (χ2n) is 5.35. The molecule has 114 valence electrons. The highest BCUT2D eigenvalue weighted by Crippen LogP contribution is 2.32. The van der Waals surface area contributed by atoms with E-state index >= 15 is 0 Å². The van der Waals surface area contributed by atoms with Gasteiger partial charge in [0.25, 0.3) is 0 Å². The molecule has 0 saturated carbocycles. The minimum absolute atomic E-state index is 0.223. The number of anilines is 1. The van der Waals surface area contributed by atoms with Gasteiger partial charge in [-0.3, -0.25) is 0 Å². The first-order chi connectivity index (χ1) is 10.7. The first-order valence-electron chi connectivity index (χ1n) is 7.23. The number of ether oxygens (including phenoxy) is 1. The van der Waals surface area contributed by atoms with Crippen LogP contribution in [0.3, 0.4) is 0 Å². The molecule has 1 saturated heterocycles. The van der Waals surface area contributed by atoms with Gasteiger partial charge in [-0.1, -0.05) is 12.1 Å². The summed E-state index contributed by atoms with van der Waals surface area (Å²) in [7, 11) is 1.35. The average Bonchev–Trinajstić information content (AvgIpc) is 3.04. The summed E-state index contributed by atoms with van der Waals surface area (Å²) in [5.41, 5.74) is 2.25. The molecule has 0 spiro atoms. The van der Waals surface area contributed by atoms with Gasteiger partial charge in [0.05, 0.1) is 12.8 Å². The summed E-state index contributed by atoms with van der Waals surface area (Å²) in [4.78, 5) is 18.1. The van der Waals surface area contributed by atoms with Gasteiger partial charge in [0.2, 0.25) is 0 Å². The predicted octanol–water partition coefficient (Wildman–Crippen LogP) is 3.00. The van der Waals surface area contributed by atoms with Crippen molar-refractivity contribution in [2.24, 2.45) is 0 Å². The Morgan fingerprint density at radius 3 is 2.82 bits per heavy atom. The van der Waals surface area contributed by atoms with Gasteiger partial charge in [-0.15, -0.1) is 0 Å². The maximum atomic E-state index is 13.0. The molecule has 0 N–H and O–H groups in total. The summed E-state index contributed by atoms with van der Waals surface area (Å²) in [5, 5.41) is 0. The molecule has 3 rings (SSSR count). The lowest BCUT2D eigenvalue weighted by atomic mass is 9.99. The molecule has 1 aliphatic heterocycles. The Morgan fingerprint density at radius 1 is 1.32 bits per heavy atom. The van der Waals surface area contributed by atoms with Crippen LogP contribution >= 0.6 is 0 Å². The molecular formula is C17H17FN2O2. The van der Waals surface area contributed by atoms with Crippen molar-refractivity contribution < 1.29 is 13.9 Å². The van der Waals surface area contributed by atoms with Crippen LogP contribution in [0.5, 0.6) is 0 Å². The van der Waals surface area contributed by atoms with Gasteiger partial charge in [-0.25, -0.2) is 14.2 Å². The molecule has 2 heterocycles. The third kappa shape index (κ3) is 2.79. The highest BCUT2D eigenvalue weighted by atomic mass is 19.1. The van der Waals surface area contributed by atoms with Crippen LogP contribution in [0, 0.1) is 5.82 Å². The van der Waals surface area contributed by atoms with Crippen LogP contribution < -0.4 is 4.90 Å². The molecule has 0 radical (unpaired) electrons. The van der Waals surface area contributed by atoms with Crippen molar-refractivity contribution in [2.75, 3.05) is 25.1 Å². The van der Waals surface area contributed by atoms with Crippen molar-refractivity contribution in [2.45, 2.75) is 12.3 Å². The number of hydrogen-bond donors (Lipinski definition) is 0. The molecule has 1 aliphatic rings. The molecule has 1 fully saturated rings. The van der Waals surface area contributed by atoms with Crippen LogP contribution in [-0.4, -0.2) is 31.2 Å². The Bertz CT molecular complexity index is 673. The summed E-state index contributed by atoms with van der Waals surface area (Å²) in [5.74, 6) is -0.328. The van der Waals surface area contributed by atoms with Crippen molar-refractivity contribution in [3.63, 3.8) is 0 Å². The number of aromatic nitrogens is 1. The summed E-state index contributed by atoms with van der Waals surface area (Å²) in [6.45, 7) is 1.61. The Balaban J connectivity index is 1.81. The lowest BCUT2D eigenvalue weighted by molar-refractivity contribution is 0.0595. The Hall–Kier alpha value is -2.43. The number of carbonyl (C=O) groups is 1. The van der Waals surface area contributed by atoms with Crippen molar-refractivity contribution in [3.8, 4) is 0 Å². The fourth-order valence-electron chi connectivity index (χ4n) is 2.89. The Morgan fingerprint density at radius 2 is 2.09 bits per heavy atom. The third-order valence-electron chi connectivity index (χ3n) is 4.04. The molecule has 2 aromatic rings. The first kappa shape index (κ1) is 14.5. The number of pyridine rings is 1. The Kier molecular flexibility index (Phi) is 4.04. The van der Waals surface area contributed by atoms with Crippen molar-refractivity contribution in [1.29, 1.82) is 0 Å². The number of hydrogen-bond acceptors (Lipinski definition) is 4. The number of carbonyl (C=O) groups excluding carboxylic acids is 1. The van der Waals surface area contributed by atoms with E-state index in [4.69, 9.17) is 4.74 Å². The van der Waals surface area contributed by atoms with Gasteiger partial charge in [-0.2, -0.15) is 0 Å². The molecule has 0 bridgehead atoms. The topological polar surface area (TPSA) is 42.4 Å². The zero-order valence-corrected chi connectivity index (χ0v) is 12.3. The Labute approximate surface area is 128 Å². The minimum Gasteiger partial charge on any atom is -0.464 e. The summed E-state index contributed by atoms with van der Waals surface area (Å²) in [6, 6.07) is 10.3. The van der Waals surface area contributed by atoms with Gasteiger partial charge < -0.3 is 9.64 Å². The van der Waals surface area contributed by atoms with E-state index in [1.807, 2.05) is 24.3 Å². The number of benzene rings is 1. The number of methoxy groups -OCH3 is 1. The van der Waals surface area contributed by atoms with E-state index in [2.05, 4.69) is 9.88 Å². The van der Waals surface area contributed by atoms with Crippen molar-refractivity contribution >= 4 is 11.7 Å². The van der Waals surface area contributed by atoms with Gasteiger partial charge in [0, 0.05) is 25.2 Å². The van der Waals surface area contributed by atoms with E-state index in [0.717, 1.165) is 30.8 Å². The van der Waals surface area contributed by atoms with Gasteiger partial charge in [0.1, 0.15) is 5.82 Å². The normalized spacial score (nSPS) is 17.5. The van der Waals surface area contributed by atoms with Crippen molar-refractivity contribution in [3.05, 3.63) is 59.7 Å². The van der Waals surface area contributed by atoms with E-state index in [9.17, 15) is 9.18 Å². The van der Waals surface area contributed by atoms with Crippen LogP contribution in [0.1, 0.15) is 28.4 Å². The van der Waals surface area contributed by atoms with Crippen LogP contribution in [0.4, 0.5) is 10.1 Å². The standard InChI is InChI=1S/C17H17FN2O2/c1-22-17(21)16-15(3-2-9-19-16)20-10-8-13(11-20)12-4-6-14(18)7-5-12/h2-7,9,13H,8,10-11H2,1H3/t13-/m0/s1. The van der Waals surface area contributed by atoms with Crippen molar-refractivity contribution in [1.82, 2.24) is 4.98 Å². The number of halogens is 1. The predicted molar refractivity (Wildman–Crippen MR) is 81.5 cm³/mol. The lowest BCUT2D eigenvalue weighted by Crippen LogP contribution is -2.23. The molecule has 1 aromatic heterocycles. The van der Waals surface area contributed by atoms with E-state index in [-0.39, 0.29) is 5.82 Å². The molecule has 0 unspecified atom stereocenters. The second kappa shape index (κ2) is 6.13. The van der Waals surface area contributed by atoms with Gasteiger partial charge in [-0.05, 0) is 36.2 Å². The molecule has 0 aliphatic carbocycles. The van der Waals surface area contributed by atoms with E-state index < -0.39 is 5.97 Å². The van der Waals surface area contributed by atoms with Crippen LogP contribution in [-0.2, 0) is 4.74 Å². The average molecular weight is 300 g/mol. The highest BCUT2D eigenvalue weighted by Gasteiger charge is 2.27. The van der Waals surface area contributed by atoms with Gasteiger partial charge in [0.15, 0.2) is 5.69 Å². The van der Waals surface area contributed by atoms with E-state index in [1.54, 1.807) is 6.20 Å². The molecule has 5 heteroatoms. The lowest BCUT2D eigenvalue weighted by Gasteiger charge is -2.20. The molecule has 0 amide bonds. The number of esters is 1. The first-order valence-corrected chi connectivity index (χ1v) is 7.23. The van der Waals surface area contributed by atoms with E-state index in [0.29, 0.717) is 11.6 Å². The maximum absolute atomic E-state index is 13.0. The van der Waals surface area contributed by atoms with Gasteiger partial charge >= 0.3 is 5.97 Å². The molecule has 1 aromatic carbocycles. The fourth-order valence-corrected chi connectivity index (χ4v) is 2.89. The maximum Gasteiger partial charge on any atom is 0.358 e. The van der Waals surface area contributed by atoms with Crippen LogP contribution in [0.2, 0.25) is 0 Å². The largest absolute Gasteiger partial charge is 0.464 e. The third-order valence-corrected chi connectivity index (χ3v) is 4.04. The number of rotatable bonds is 3. The SMILES string of the molecule is COC(=O)c1ncccc1N1CC[C@H](c2ccc(F)cc2)C1. The quantitative estimate of drug-likeness (QED) is 0.817. The highest BCUT2D eigenvalue weighted by molar-refractivity contribution is 5.93. The summed E-state index contributed by atoms with van der Waals surface area (Å²) >= 11 is 0. The summed E-state index contributed by atoms with van der Waals surface area (Å²) < 4.78 is 17.8. The monoisotopic (exact) mass is 300 g/mol. The van der Waals surface area contributed by atoms with Crippen LogP contribution in [0.15, 0.2) is 42.6 Å². The smallest absolute Gasteiger partial charge is 0.358 e. The summed E-state index contributed by atoms with van der Waals surface area (Å²) in [6.07, 6.45) is 2.55. The zero-order chi connectivity index (χ0) is 15.5. The number of nitrogens with zero attached hydrogens (tertiary/aromatic N) is 2. The molecule has 22 heavy (non-hydrogen) atoms. The second-order valence-corrected chi connectivity index (χ2v) is 5.35. The minimum atomic E-state index is -0.430. The fraction of sp³-hybridized carbons (Fsp3) is 0.294. The molecular weight excluding hydrogens is 283 g/mol. The van der Waals surface area contributed by atoms with Crippen LogP contribution in [0.25, 0.3) is 0 Å². The molecule has 1 atom stereocenters. The zero-order valence-electron chi connectivity index (χ0n) is 12.3. The molecule has 4 nitrogen and oxygen atoms in total.